The fourth-order valence-electron chi connectivity index (χ4n) is 2.33. The van der Waals surface area contributed by atoms with E-state index in [0.717, 1.165) is 34.4 Å². The number of aromatic nitrogens is 1. The van der Waals surface area contributed by atoms with Gasteiger partial charge < -0.3 is 16.0 Å². The molecule has 2 rings (SSSR count). The summed E-state index contributed by atoms with van der Waals surface area (Å²) in [6, 6.07) is 1.98. The maximum atomic E-state index is 12.3. The molecule has 0 saturated heterocycles. The maximum absolute atomic E-state index is 12.3. The molecule has 3 N–H and O–H groups in total. The Morgan fingerprint density at radius 2 is 2.14 bits per heavy atom. The van der Waals surface area contributed by atoms with Crippen LogP contribution in [0.5, 0.6) is 0 Å². The van der Waals surface area contributed by atoms with Gasteiger partial charge in [-0.05, 0) is 47.0 Å². The molecule has 2 heterocycles. The predicted octanol–water partition coefficient (Wildman–Crippen LogP) is 2.18. The third kappa shape index (κ3) is 3.51. The van der Waals surface area contributed by atoms with Gasteiger partial charge in [-0.3, -0.25) is 9.78 Å². The van der Waals surface area contributed by atoms with E-state index in [2.05, 4.69) is 15.2 Å². The lowest BCUT2D eigenvalue weighted by Crippen LogP contribution is -2.27. The molecule has 0 aromatic carbocycles. The molecule has 114 valence electrons. The number of fused-ring (bicyclic) bond motifs is 1. The third-order valence-corrected chi connectivity index (χ3v) is 4.44. The Kier molecular flexibility index (Phi) is 4.80. The number of pyridine rings is 1. The van der Waals surface area contributed by atoms with Crippen molar-refractivity contribution >= 4 is 33.0 Å². The van der Waals surface area contributed by atoms with Crippen LogP contribution in [0.2, 0.25) is 0 Å². The van der Waals surface area contributed by atoms with E-state index in [4.69, 9.17) is 5.73 Å². The molecule has 21 heavy (non-hydrogen) atoms. The molecule has 1 amide bonds. The highest BCUT2D eigenvalue weighted by Gasteiger charge is 2.18. The van der Waals surface area contributed by atoms with E-state index >= 15 is 0 Å². The molecule has 0 aliphatic rings. The largest absolute Gasteiger partial charge is 0.397 e. The number of nitrogens with two attached hydrogens (primary N) is 1. The minimum Gasteiger partial charge on any atom is -0.397 e. The molecule has 0 saturated carbocycles. The number of anilines is 1. The van der Waals surface area contributed by atoms with Crippen LogP contribution in [0, 0.1) is 13.8 Å². The first-order valence-electron chi connectivity index (χ1n) is 6.99. The van der Waals surface area contributed by atoms with Crippen LogP contribution in [0.1, 0.15) is 27.5 Å². The summed E-state index contributed by atoms with van der Waals surface area (Å²) in [5.74, 6) is -0.0930. The molecular formula is C15H22N4OS. The van der Waals surface area contributed by atoms with Crippen LogP contribution in [0.4, 0.5) is 5.69 Å². The molecule has 0 bridgehead atoms. The Morgan fingerprint density at radius 1 is 1.43 bits per heavy atom. The van der Waals surface area contributed by atoms with Gasteiger partial charge in [0.15, 0.2) is 0 Å². The summed E-state index contributed by atoms with van der Waals surface area (Å²) in [6.45, 7) is 5.48. The summed E-state index contributed by atoms with van der Waals surface area (Å²) in [6.07, 6.45) is 0.920. The predicted molar refractivity (Wildman–Crippen MR) is 89.0 cm³/mol. The van der Waals surface area contributed by atoms with Gasteiger partial charge in [-0.15, -0.1) is 11.3 Å². The zero-order valence-corrected chi connectivity index (χ0v) is 13.8. The number of nitrogens with zero attached hydrogens (tertiary/aromatic N) is 2. The van der Waals surface area contributed by atoms with Crippen molar-refractivity contribution < 1.29 is 4.79 Å². The van der Waals surface area contributed by atoms with Crippen molar-refractivity contribution in [3.63, 3.8) is 0 Å². The normalized spacial score (nSPS) is 11.3. The van der Waals surface area contributed by atoms with Crippen LogP contribution >= 0.6 is 11.3 Å². The summed E-state index contributed by atoms with van der Waals surface area (Å²) in [5, 5.41) is 3.84. The standard InChI is InChI=1S/C15H22N4OS/c1-9-8-11-12(10(2)18-9)13(16)14(21-11)15(20)17-6-5-7-19(3)4/h8H,5-7,16H2,1-4H3,(H,17,20). The molecular weight excluding hydrogens is 284 g/mol. The summed E-state index contributed by atoms with van der Waals surface area (Å²) in [7, 11) is 4.04. The van der Waals surface area contributed by atoms with E-state index in [1.165, 1.54) is 11.3 Å². The number of carbonyl (C=O) groups is 1. The summed E-state index contributed by atoms with van der Waals surface area (Å²) >= 11 is 1.44. The number of thiophene rings is 1. The van der Waals surface area contributed by atoms with Crippen molar-refractivity contribution in [1.82, 2.24) is 15.2 Å². The number of aryl methyl sites for hydroxylation is 2. The van der Waals surface area contributed by atoms with Crippen molar-refractivity contribution in [2.75, 3.05) is 32.9 Å². The number of carbonyl (C=O) groups excluding carboxylic acids is 1. The molecule has 0 unspecified atom stereocenters. The smallest absolute Gasteiger partial charge is 0.263 e. The molecule has 0 fully saturated rings. The van der Waals surface area contributed by atoms with Gasteiger partial charge >= 0.3 is 0 Å². The van der Waals surface area contributed by atoms with Crippen LogP contribution in [0.25, 0.3) is 10.1 Å². The zero-order valence-electron chi connectivity index (χ0n) is 13.0. The van der Waals surface area contributed by atoms with Crippen molar-refractivity contribution in [1.29, 1.82) is 0 Å². The molecule has 2 aromatic heterocycles. The number of nitrogens with one attached hydrogen (secondary N) is 1. The Morgan fingerprint density at radius 3 is 2.81 bits per heavy atom. The molecule has 0 atom stereocenters. The number of hydrogen-bond acceptors (Lipinski definition) is 5. The van der Waals surface area contributed by atoms with E-state index in [0.29, 0.717) is 17.1 Å². The molecule has 0 aliphatic heterocycles. The van der Waals surface area contributed by atoms with E-state index in [1.807, 2.05) is 34.0 Å². The lowest BCUT2D eigenvalue weighted by molar-refractivity contribution is 0.0957. The summed E-state index contributed by atoms with van der Waals surface area (Å²) < 4.78 is 1.02. The lowest BCUT2D eigenvalue weighted by atomic mass is 10.2. The fraction of sp³-hybridized carbons (Fsp3) is 0.467. The number of hydrogen-bond donors (Lipinski definition) is 2. The van der Waals surface area contributed by atoms with Gasteiger partial charge in [0.25, 0.3) is 5.91 Å². The van der Waals surface area contributed by atoms with Gasteiger partial charge in [0.1, 0.15) is 4.88 Å². The van der Waals surface area contributed by atoms with Crippen molar-refractivity contribution in [3.8, 4) is 0 Å². The zero-order chi connectivity index (χ0) is 15.6. The molecule has 5 nitrogen and oxygen atoms in total. The van der Waals surface area contributed by atoms with E-state index in [-0.39, 0.29) is 5.91 Å². The van der Waals surface area contributed by atoms with Crippen LogP contribution in [0.15, 0.2) is 6.07 Å². The van der Waals surface area contributed by atoms with E-state index in [1.54, 1.807) is 0 Å². The van der Waals surface area contributed by atoms with Crippen LogP contribution < -0.4 is 11.1 Å². The average Bonchev–Trinajstić information content (AvgIpc) is 2.71. The van der Waals surface area contributed by atoms with Crippen molar-refractivity contribution in [3.05, 3.63) is 22.3 Å². The third-order valence-electron chi connectivity index (χ3n) is 3.29. The van der Waals surface area contributed by atoms with Crippen LogP contribution in [-0.4, -0.2) is 43.0 Å². The highest BCUT2D eigenvalue weighted by molar-refractivity contribution is 7.21. The number of rotatable bonds is 5. The van der Waals surface area contributed by atoms with Gasteiger partial charge in [0.2, 0.25) is 0 Å². The Bertz CT molecular complexity index is 663. The second kappa shape index (κ2) is 6.41. The first-order chi connectivity index (χ1) is 9.90. The highest BCUT2D eigenvalue weighted by Crippen LogP contribution is 2.35. The molecule has 6 heteroatoms. The second-order valence-corrected chi connectivity index (χ2v) is 6.53. The first kappa shape index (κ1) is 15.7. The number of amides is 1. The van der Waals surface area contributed by atoms with Gasteiger partial charge in [0, 0.05) is 28.0 Å². The molecule has 0 radical (unpaired) electrons. The summed E-state index contributed by atoms with van der Waals surface area (Å²) in [5.41, 5.74) is 8.51. The van der Waals surface area contributed by atoms with Crippen LogP contribution in [0.3, 0.4) is 0 Å². The fourth-order valence-corrected chi connectivity index (χ4v) is 3.51. The topological polar surface area (TPSA) is 71.2 Å². The average molecular weight is 306 g/mol. The Hall–Kier alpha value is -1.66. The minimum atomic E-state index is -0.0930. The minimum absolute atomic E-state index is 0.0930. The monoisotopic (exact) mass is 306 g/mol. The van der Waals surface area contributed by atoms with E-state index < -0.39 is 0 Å². The molecule has 0 aliphatic carbocycles. The van der Waals surface area contributed by atoms with Crippen LogP contribution in [-0.2, 0) is 0 Å². The van der Waals surface area contributed by atoms with Crippen molar-refractivity contribution in [2.45, 2.75) is 20.3 Å². The Balaban J connectivity index is 2.16. The highest BCUT2D eigenvalue weighted by atomic mass is 32.1. The van der Waals surface area contributed by atoms with Gasteiger partial charge in [-0.1, -0.05) is 0 Å². The van der Waals surface area contributed by atoms with Gasteiger partial charge in [0.05, 0.1) is 5.69 Å². The Labute approximate surface area is 129 Å². The summed E-state index contributed by atoms with van der Waals surface area (Å²) in [4.78, 5) is 19.4. The van der Waals surface area contributed by atoms with Gasteiger partial charge in [-0.25, -0.2) is 0 Å². The maximum Gasteiger partial charge on any atom is 0.263 e. The molecule has 2 aromatic rings. The quantitative estimate of drug-likeness (QED) is 0.831. The second-order valence-electron chi connectivity index (χ2n) is 5.48. The van der Waals surface area contributed by atoms with Crippen molar-refractivity contribution in [2.24, 2.45) is 0 Å². The first-order valence-corrected chi connectivity index (χ1v) is 7.81. The SMILES string of the molecule is Cc1cc2sc(C(=O)NCCCN(C)C)c(N)c2c(C)n1. The molecule has 0 spiro atoms. The van der Waals surface area contributed by atoms with E-state index in [9.17, 15) is 4.79 Å². The van der Waals surface area contributed by atoms with Gasteiger partial charge in [-0.2, -0.15) is 0 Å². The number of nitrogen functional groups attached to an aromatic ring is 1. The lowest BCUT2D eigenvalue weighted by Gasteiger charge is -2.09.